The van der Waals surface area contributed by atoms with Gasteiger partial charge in [0.05, 0.1) is 0 Å². The van der Waals surface area contributed by atoms with Gasteiger partial charge < -0.3 is 4.74 Å². The average Bonchev–Trinajstić information content (AvgIpc) is 2.72. The van der Waals surface area contributed by atoms with Crippen molar-refractivity contribution in [3.05, 3.63) is 59.2 Å². The third kappa shape index (κ3) is 4.36. The second-order valence-corrected chi connectivity index (χ2v) is 8.63. The van der Waals surface area contributed by atoms with Crippen LogP contribution in [-0.2, 0) is 14.3 Å². The highest BCUT2D eigenvalue weighted by Gasteiger charge is 2.38. The third-order valence-electron chi connectivity index (χ3n) is 6.47. The molecular formula is C25H26F2O3. The highest BCUT2D eigenvalue weighted by molar-refractivity contribution is 6.10. The van der Waals surface area contributed by atoms with Crippen molar-refractivity contribution < 1.29 is 23.1 Å². The lowest BCUT2D eigenvalue weighted by atomic mass is 9.72. The van der Waals surface area contributed by atoms with Crippen molar-refractivity contribution in [1.29, 1.82) is 0 Å². The molecule has 30 heavy (non-hydrogen) atoms. The summed E-state index contributed by atoms with van der Waals surface area (Å²) in [7, 11) is 0. The minimum absolute atomic E-state index is 0.0335. The number of halogens is 2. The van der Waals surface area contributed by atoms with Gasteiger partial charge in [0, 0.05) is 26.1 Å². The molecule has 0 atom stereocenters. The van der Waals surface area contributed by atoms with E-state index in [4.69, 9.17) is 4.74 Å². The molecular weight excluding hydrogens is 386 g/mol. The summed E-state index contributed by atoms with van der Waals surface area (Å²) in [5.41, 5.74) is 2.72. The van der Waals surface area contributed by atoms with Crippen LogP contribution in [0.2, 0.25) is 0 Å². The fourth-order valence-electron chi connectivity index (χ4n) is 4.83. The lowest BCUT2D eigenvalue weighted by Crippen LogP contribution is -2.33. The first-order valence-electron chi connectivity index (χ1n) is 10.6. The number of hydrogen-bond donors (Lipinski definition) is 0. The van der Waals surface area contributed by atoms with Gasteiger partial charge in [-0.25, -0.2) is 8.78 Å². The van der Waals surface area contributed by atoms with Gasteiger partial charge in [0.1, 0.15) is 17.5 Å². The molecule has 158 valence electrons. The van der Waals surface area contributed by atoms with Crippen molar-refractivity contribution in [3.8, 4) is 11.1 Å². The molecule has 0 amide bonds. The van der Waals surface area contributed by atoms with E-state index < -0.39 is 17.6 Å². The molecule has 0 N–H and O–H groups in total. The second kappa shape index (κ2) is 8.76. The monoisotopic (exact) mass is 412 g/mol. The van der Waals surface area contributed by atoms with E-state index in [-0.39, 0.29) is 17.5 Å². The van der Waals surface area contributed by atoms with Crippen molar-refractivity contribution in [3.63, 3.8) is 0 Å². The summed E-state index contributed by atoms with van der Waals surface area (Å²) in [6.07, 6.45) is 3.74. The van der Waals surface area contributed by atoms with Gasteiger partial charge in [-0.3, -0.25) is 9.59 Å². The van der Waals surface area contributed by atoms with Crippen molar-refractivity contribution in [2.45, 2.75) is 44.9 Å². The lowest BCUT2D eigenvalue weighted by Gasteiger charge is -2.31. The molecule has 1 aliphatic heterocycles. The number of rotatable bonds is 4. The van der Waals surface area contributed by atoms with Crippen LogP contribution in [-0.4, -0.2) is 24.8 Å². The van der Waals surface area contributed by atoms with Gasteiger partial charge in [0.15, 0.2) is 11.6 Å². The predicted octanol–water partition coefficient (Wildman–Crippen LogP) is 5.39. The molecule has 3 nitrogen and oxygen atoms in total. The highest BCUT2D eigenvalue weighted by atomic mass is 19.2. The molecule has 1 saturated heterocycles. The Balaban J connectivity index is 1.55. The number of Topliss-reactive ketones (excluding diaryl/α,β-unsaturated/α-hetero) is 2. The zero-order valence-electron chi connectivity index (χ0n) is 17.1. The molecule has 0 aromatic heterocycles. The van der Waals surface area contributed by atoms with Gasteiger partial charge in [-0.1, -0.05) is 18.2 Å². The van der Waals surface area contributed by atoms with Crippen LogP contribution in [0, 0.1) is 30.4 Å². The molecule has 0 radical (unpaired) electrons. The van der Waals surface area contributed by atoms with Crippen LogP contribution in [0.4, 0.5) is 8.78 Å². The van der Waals surface area contributed by atoms with Gasteiger partial charge in [-0.15, -0.1) is 0 Å². The predicted molar refractivity (Wildman–Crippen MR) is 110 cm³/mol. The van der Waals surface area contributed by atoms with Crippen molar-refractivity contribution >= 4 is 11.6 Å². The number of benzene rings is 2. The van der Waals surface area contributed by atoms with Crippen LogP contribution < -0.4 is 0 Å². The maximum atomic E-state index is 13.7. The third-order valence-corrected chi connectivity index (χ3v) is 6.47. The molecule has 0 spiro atoms. The van der Waals surface area contributed by atoms with E-state index >= 15 is 0 Å². The van der Waals surface area contributed by atoms with E-state index in [9.17, 15) is 18.4 Å². The van der Waals surface area contributed by atoms with Crippen LogP contribution in [0.25, 0.3) is 11.1 Å². The molecule has 1 heterocycles. The van der Waals surface area contributed by atoms with E-state index in [1.807, 2.05) is 13.0 Å². The summed E-state index contributed by atoms with van der Waals surface area (Å²) >= 11 is 0. The SMILES string of the molecule is Cc1ccc(-c2ccc(F)c(F)c2)cc1C1C(=O)CC(CC2CCOCC2)CC1=O. The normalized spacial score (nSPS) is 23.0. The summed E-state index contributed by atoms with van der Waals surface area (Å²) < 4.78 is 32.4. The number of hydrogen-bond acceptors (Lipinski definition) is 3. The number of carbonyl (C=O) groups excluding carboxylic acids is 2. The van der Waals surface area contributed by atoms with Crippen molar-refractivity contribution in [2.75, 3.05) is 13.2 Å². The highest BCUT2D eigenvalue weighted by Crippen LogP contribution is 2.37. The number of ether oxygens (including phenoxy) is 1. The Kier molecular flexibility index (Phi) is 6.09. The second-order valence-electron chi connectivity index (χ2n) is 8.63. The molecule has 2 aromatic carbocycles. The Morgan fingerprint density at radius 2 is 1.50 bits per heavy atom. The first kappa shape index (κ1) is 20.9. The molecule has 1 aliphatic carbocycles. The van der Waals surface area contributed by atoms with Crippen LogP contribution in [0.5, 0.6) is 0 Å². The van der Waals surface area contributed by atoms with E-state index in [1.54, 1.807) is 12.1 Å². The van der Waals surface area contributed by atoms with Gasteiger partial charge in [-0.2, -0.15) is 0 Å². The van der Waals surface area contributed by atoms with Gasteiger partial charge in [-0.05, 0) is 78.5 Å². The molecule has 2 fully saturated rings. The molecule has 1 saturated carbocycles. The molecule has 5 heteroatoms. The first-order valence-corrected chi connectivity index (χ1v) is 10.6. The summed E-state index contributed by atoms with van der Waals surface area (Å²) in [4.78, 5) is 26.0. The maximum absolute atomic E-state index is 13.7. The number of carbonyl (C=O) groups is 2. The molecule has 4 rings (SSSR count). The molecule has 2 aromatic rings. The van der Waals surface area contributed by atoms with Crippen LogP contribution in [0.3, 0.4) is 0 Å². The van der Waals surface area contributed by atoms with E-state index in [0.717, 1.165) is 50.2 Å². The Bertz CT molecular complexity index is 945. The van der Waals surface area contributed by atoms with Crippen LogP contribution in [0.1, 0.15) is 49.1 Å². The Hall–Kier alpha value is -2.40. The van der Waals surface area contributed by atoms with Crippen LogP contribution in [0.15, 0.2) is 36.4 Å². The average molecular weight is 412 g/mol. The largest absolute Gasteiger partial charge is 0.381 e. The zero-order valence-corrected chi connectivity index (χ0v) is 17.1. The van der Waals surface area contributed by atoms with E-state index in [0.29, 0.717) is 35.4 Å². The Labute approximate surface area is 175 Å². The minimum Gasteiger partial charge on any atom is -0.381 e. The van der Waals surface area contributed by atoms with Crippen molar-refractivity contribution in [2.24, 2.45) is 11.8 Å². The number of ketones is 2. The fourth-order valence-corrected chi connectivity index (χ4v) is 4.83. The summed E-state index contributed by atoms with van der Waals surface area (Å²) in [5, 5.41) is 0. The maximum Gasteiger partial charge on any atom is 0.159 e. The number of aryl methyl sites for hydroxylation is 1. The molecule has 2 aliphatic rings. The Morgan fingerprint density at radius 1 is 0.867 bits per heavy atom. The van der Waals surface area contributed by atoms with Gasteiger partial charge >= 0.3 is 0 Å². The quantitative estimate of drug-likeness (QED) is 0.633. The topological polar surface area (TPSA) is 43.4 Å². The fraction of sp³-hybridized carbons (Fsp3) is 0.440. The summed E-state index contributed by atoms with van der Waals surface area (Å²) in [5.74, 6) is -2.02. The van der Waals surface area contributed by atoms with E-state index in [1.165, 1.54) is 6.07 Å². The first-order chi connectivity index (χ1) is 14.4. The van der Waals surface area contributed by atoms with Crippen molar-refractivity contribution in [1.82, 2.24) is 0 Å². The lowest BCUT2D eigenvalue weighted by molar-refractivity contribution is -0.134. The standard InChI is InChI=1S/C25H26F2O3/c1-15-2-3-18(19-4-5-21(26)22(27)14-19)13-20(15)25-23(28)11-17(12-24(25)29)10-16-6-8-30-9-7-16/h2-5,13-14,16-17,25H,6-12H2,1H3. The minimum atomic E-state index is -0.921. The summed E-state index contributed by atoms with van der Waals surface area (Å²) in [6, 6.07) is 9.14. The van der Waals surface area contributed by atoms with Crippen LogP contribution >= 0.6 is 0 Å². The van der Waals surface area contributed by atoms with E-state index in [2.05, 4.69) is 0 Å². The molecule has 0 bridgehead atoms. The van der Waals surface area contributed by atoms with Gasteiger partial charge in [0.25, 0.3) is 0 Å². The smallest absolute Gasteiger partial charge is 0.159 e. The van der Waals surface area contributed by atoms with Gasteiger partial charge in [0.2, 0.25) is 0 Å². The zero-order chi connectivity index (χ0) is 21.3. The molecule has 0 unspecified atom stereocenters. The Morgan fingerprint density at radius 3 is 2.17 bits per heavy atom. The summed E-state index contributed by atoms with van der Waals surface area (Å²) in [6.45, 7) is 3.40.